The first-order valence-corrected chi connectivity index (χ1v) is 15.6. The van der Waals surface area contributed by atoms with Gasteiger partial charge >= 0.3 is 0 Å². The summed E-state index contributed by atoms with van der Waals surface area (Å²) in [5.74, 6) is 3.01. The summed E-state index contributed by atoms with van der Waals surface area (Å²) in [6.07, 6.45) is 4.35. The molecule has 1 N–H and O–H groups in total. The highest BCUT2D eigenvalue weighted by Crippen LogP contribution is 2.38. The molecule has 0 bridgehead atoms. The number of halogens is 1. The average molecular weight is 593 g/mol. The zero-order valence-corrected chi connectivity index (χ0v) is 25.2. The van der Waals surface area contributed by atoms with Crippen LogP contribution in [0.3, 0.4) is 0 Å². The fourth-order valence-corrected chi connectivity index (χ4v) is 6.36. The summed E-state index contributed by atoms with van der Waals surface area (Å²) in [6, 6.07) is 16.3. The van der Waals surface area contributed by atoms with Gasteiger partial charge in [0.15, 0.2) is 11.5 Å². The number of ether oxygens (including phenoxy) is 4. The molecule has 0 saturated carbocycles. The minimum atomic E-state index is -0.230. The lowest BCUT2D eigenvalue weighted by Crippen LogP contribution is -2.30. The molecular weight excluding hydrogens is 552 g/mol. The first-order chi connectivity index (χ1) is 20.5. The van der Waals surface area contributed by atoms with Crippen LogP contribution in [0.2, 0.25) is 5.02 Å². The predicted molar refractivity (Wildman–Crippen MR) is 165 cm³/mol. The molecule has 6 rings (SSSR count). The van der Waals surface area contributed by atoms with Crippen LogP contribution in [-0.2, 0) is 13.2 Å². The third-order valence-electron chi connectivity index (χ3n) is 8.55. The van der Waals surface area contributed by atoms with E-state index in [1.54, 1.807) is 0 Å². The van der Waals surface area contributed by atoms with Crippen molar-refractivity contribution in [3.8, 4) is 34.1 Å². The van der Waals surface area contributed by atoms with Crippen LogP contribution < -0.4 is 18.9 Å². The molecule has 0 radical (unpaired) electrons. The van der Waals surface area contributed by atoms with Gasteiger partial charge in [-0.25, -0.2) is 0 Å². The second-order valence-corrected chi connectivity index (χ2v) is 12.0. The summed E-state index contributed by atoms with van der Waals surface area (Å²) in [4.78, 5) is 4.73. The molecule has 2 fully saturated rings. The third-order valence-corrected chi connectivity index (χ3v) is 8.85. The van der Waals surface area contributed by atoms with E-state index < -0.39 is 0 Å². The zero-order chi connectivity index (χ0) is 28.9. The van der Waals surface area contributed by atoms with Gasteiger partial charge in [0.25, 0.3) is 0 Å². The van der Waals surface area contributed by atoms with Gasteiger partial charge in [0, 0.05) is 37.8 Å². The van der Waals surface area contributed by atoms with E-state index in [2.05, 4.69) is 41.0 Å². The number of nitrogens with zero attached hydrogens (tertiary/aromatic N) is 2. The Hall–Kier alpha value is -2.97. The predicted octanol–water partition coefficient (Wildman–Crippen LogP) is 6.10. The molecule has 224 valence electrons. The van der Waals surface area contributed by atoms with Crippen molar-refractivity contribution in [3.63, 3.8) is 0 Å². The lowest BCUT2D eigenvalue weighted by atomic mass is 9.96. The average Bonchev–Trinajstić information content (AvgIpc) is 3.43. The minimum absolute atomic E-state index is 0.230. The number of aliphatic hydroxyl groups is 1. The van der Waals surface area contributed by atoms with Gasteiger partial charge in [0.2, 0.25) is 0 Å². The maximum atomic E-state index is 9.88. The number of likely N-dealkylation sites (tertiary alicyclic amines) is 2. The summed E-state index contributed by atoms with van der Waals surface area (Å²) >= 11 is 6.81. The molecular formula is C34H41ClN2O5. The van der Waals surface area contributed by atoms with E-state index >= 15 is 0 Å². The molecule has 8 heteroatoms. The number of β-amino-alcohol motifs (C(OH)–C–C–N with tert-alkyl or cyclic N) is 1. The maximum Gasteiger partial charge on any atom is 0.161 e. The highest BCUT2D eigenvalue weighted by Gasteiger charge is 2.21. The lowest BCUT2D eigenvalue weighted by Gasteiger charge is -2.27. The van der Waals surface area contributed by atoms with Crippen molar-refractivity contribution < 1.29 is 24.1 Å². The Labute approximate surface area is 253 Å². The number of aliphatic hydroxyl groups excluding tert-OH is 1. The van der Waals surface area contributed by atoms with Gasteiger partial charge in [0.05, 0.1) is 11.1 Å². The van der Waals surface area contributed by atoms with Gasteiger partial charge in [-0.15, -0.1) is 0 Å². The molecule has 3 aliphatic rings. The van der Waals surface area contributed by atoms with Crippen molar-refractivity contribution in [3.05, 3.63) is 70.2 Å². The van der Waals surface area contributed by atoms with Crippen molar-refractivity contribution in [2.45, 2.75) is 51.9 Å². The van der Waals surface area contributed by atoms with Crippen LogP contribution >= 0.6 is 11.6 Å². The summed E-state index contributed by atoms with van der Waals surface area (Å²) in [5.41, 5.74) is 5.54. The van der Waals surface area contributed by atoms with Crippen LogP contribution in [0.1, 0.15) is 42.4 Å². The lowest BCUT2D eigenvalue weighted by molar-refractivity contribution is 0.166. The Kier molecular flexibility index (Phi) is 9.40. The van der Waals surface area contributed by atoms with E-state index in [0.717, 1.165) is 84.2 Å². The Morgan fingerprint density at radius 3 is 2.52 bits per heavy atom. The zero-order valence-electron chi connectivity index (χ0n) is 24.4. The van der Waals surface area contributed by atoms with Crippen molar-refractivity contribution in [1.82, 2.24) is 9.80 Å². The van der Waals surface area contributed by atoms with Gasteiger partial charge in [0.1, 0.15) is 37.9 Å². The molecule has 1 atom stereocenters. The first-order valence-electron chi connectivity index (χ1n) is 15.2. The number of benzene rings is 3. The molecule has 42 heavy (non-hydrogen) atoms. The Morgan fingerprint density at radius 2 is 1.71 bits per heavy atom. The smallest absolute Gasteiger partial charge is 0.161 e. The van der Waals surface area contributed by atoms with Crippen LogP contribution in [0.15, 0.2) is 48.5 Å². The second kappa shape index (κ2) is 13.6. The minimum Gasteiger partial charge on any atom is -0.492 e. The molecule has 2 saturated heterocycles. The standard InChI is InChI=1S/C34H41ClN2O5/c1-24-26(6-5-7-29(24)25-8-9-31-34(19-25)41-17-16-40-31)23-42-33-20-32(39-15-14-37-13-10-28(38)22-37)27(18-30(33)35)21-36-11-3-2-4-12-36/h5-9,18-20,28,38H,2-4,10-17,21-23H2,1H3. The number of hydrogen-bond donors (Lipinski definition) is 1. The van der Waals surface area contributed by atoms with Crippen molar-refractivity contribution in [2.75, 3.05) is 52.5 Å². The first kappa shape index (κ1) is 29.1. The molecule has 3 aromatic rings. The summed E-state index contributed by atoms with van der Waals surface area (Å²) in [5, 5.41) is 10.5. The topological polar surface area (TPSA) is 63.6 Å². The number of piperidine rings is 1. The summed E-state index contributed by atoms with van der Waals surface area (Å²) in [7, 11) is 0. The molecule has 3 heterocycles. The van der Waals surface area contributed by atoms with E-state index in [4.69, 9.17) is 30.5 Å². The monoisotopic (exact) mass is 592 g/mol. The van der Waals surface area contributed by atoms with Crippen LogP contribution in [0, 0.1) is 6.92 Å². The Balaban J connectivity index is 1.18. The van der Waals surface area contributed by atoms with Crippen LogP contribution in [0.25, 0.3) is 11.1 Å². The molecule has 3 aliphatic heterocycles. The van der Waals surface area contributed by atoms with Gasteiger partial charge in [-0.1, -0.05) is 42.3 Å². The maximum absolute atomic E-state index is 9.88. The third kappa shape index (κ3) is 6.97. The number of fused-ring (bicyclic) bond motifs is 1. The van der Waals surface area contributed by atoms with E-state index in [1.165, 1.54) is 19.3 Å². The molecule has 3 aromatic carbocycles. The second-order valence-electron chi connectivity index (χ2n) is 11.6. The van der Waals surface area contributed by atoms with E-state index in [0.29, 0.717) is 43.7 Å². The molecule has 0 aromatic heterocycles. The van der Waals surface area contributed by atoms with Gasteiger partial charge in [-0.05, 0) is 79.7 Å². The fraction of sp³-hybridized carbons (Fsp3) is 0.471. The number of hydrogen-bond acceptors (Lipinski definition) is 7. The normalized spacial score (nSPS) is 19.2. The van der Waals surface area contributed by atoms with E-state index in [-0.39, 0.29) is 6.10 Å². The number of rotatable bonds is 10. The van der Waals surface area contributed by atoms with E-state index in [9.17, 15) is 5.11 Å². The van der Waals surface area contributed by atoms with Crippen molar-refractivity contribution in [2.24, 2.45) is 0 Å². The highest BCUT2D eigenvalue weighted by atomic mass is 35.5. The molecule has 0 amide bonds. The SMILES string of the molecule is Cc1c(COc2cc(OCCN3CCC(O)C3)c(CN3CCCCC3)cc2Cl)cccc1-c1ccc2c(c1)OCCO2. The van der Waals surface area contributed by atoms with Gasteiger partial charge in [-0.2, -0.15) is 0 Å². The van der Waals surface area contributed by atoms with Crippen molar-refractivity contribution in [1.29, 1.82) is 0 Å². The van der Waals surface area contributed by atoms with Gasteiger partial charge < -0.3 is 24.1 Å². The van der Waals surface area contributed by atoms with Gasteiger partial charge in [-0.3, -0.25) is 9.80 Å². The highest BCUT2D eigenvalue weighted by molar-refractivity contribution is 6.32. The van der Waals surface area contributed by atoms with E-state index in [1.807, 2.05) is 24.3 Å². The molecule has 0 spiro atoms. The van der Waals surface area contributed by atoms with Crippen molar-refractivity contribution >= 4 is 11.6 Å². The summed E-state index contributed by atoms with van der Waals surface area (Å²) < 4.78 is 24.2. The molecule has 7 nitrogen and oxygen atoms in total. The fourth-order valence-electron chi connectivity index (χ4n) is 6.12. The van der Waals surface area contributed by atoms with Crippen LogP contribution in [0.5, 0.6) is 23.0 Å². The molecule has 1 unspecified atom stereocenters. The quantitative estimate of drug-likeness (QED) is 0.305. The largest absolute Gasteiger partial charge is 0.492 e. The Bertz CT molecular complexity index is 1380. The van der Waals surface area contributed by atoms with Crippen LogP contribution in [0.4, 0.5) is 0 Å². The van der Waals surface area contributed by atoms with Crippen LogP contribution in [-0.4, -0.2) is 73.6 Å². The summed E-state index contributed by atoms with van der Waals surface area (Å²) in [6.45, 7) is 9.62. The molecule has 0 aliphatic carbocycles. The Morgan fingerprint density at radius 1 is 0.881 bits per heavy atom.